The lowest BCUT2D eigenvalue weighted by Gasteiger charge is -2.30. The van der Waals surface area contributed by atoms with Gasteiger partial charge in [-0.2, -0.15) is 0 Å². The average Bonchev–Trinajstić information content (AvgIpc) is 2.94. The Labute approximate surface area is 159 Å². The molecule has 1 aliphatic carbocycles. The number of likely N-dealkylation sites (tertiary alicyclic amines) is 2. The van der Waals surface area contributed by atoms with Gasteiger partial charge in [-0.05, 0) is 25.0 Å². The molecule has 1 aromatic rings. The fraction of sp³-hybridized carbons (Fsp3) is 0.476. The molecule has 2 N–H and O–H groups in total. The van der Waals surface area contributed by atoms with Crippen LogP contribution in [0, 0.1) is 17.8 Å². The summed E-state index contributed by atoms with van der Waals surface area (Å²) < 4.78 is 0. The number of quaternary nitrogens is 1. The van der Waals surface area contributed by atoms with Crippen molar-refractivity contribution in [1.82, 2.24) is 4.90 Å². The molecule has 3 amide bonds. The number of rotatable bonds is 4. The number of carbonyl (C=O) groups is 3. The highest BCUT2D eigenvalue weighted by atomic mass is 16.2. The molecule has 4 rings (SSSR count). The zero-order valence-electron chi connectivity index (χ0n) is 15.4. The van der Waals surface area contributed by atoms with Crippen LogP contribution in [0.3, 0.4) is 0 Å². The Morgan fingerprint density at radius 1 is 1.00 bits per heavy atom. The van der Waals surface area contributed by atoms with Crippen LogP contribution >= 0.6 is 0 Å². The summed E-state index contributed by atoms with van der Waals surface area (Å²) in [6.45, 7) is 2.05. The second-order valence-corrected chi connectivity index (χ2v) is 7.80. The number of hydrogen-bond donors (Lipinski definition) is 2. The first-order valence-electron chi connectivity index (χ1n) is 9.83. The topological polar surface area (TPSA) is 70.9 Å². The van der Waals surface area contributed by atoms with Crippen LogP contribution in [0.5, 0.6) is 0 Å². The summed E-state index contributed by atoms with van der Waals surface area (Å²) in [6.07, 6.45) is 6.95. The second kappa shape index (κ2) is 7.64. The fourth-order valence-electron chi connectivity index (χ4n) is 4.46. The summed E-state index contributed by atoms with van der Waals surface area (Å²) in [6, 6.07) is 9.50. The molecule has 0 bridgehead atoms. The zero-order chi connectivity index (χ0) is 18.8. The maximum Gasteiger partial charge on any atom is 0.237 e. The number of hydrogen-bond acceptors (Lipinski definition) is 3. The van der Waals surface area contributed by atoms with E-state index in [4.69, 9.17) is 0 Å². The summed E-state index contributed by atoms with van der Waals surface area (Å²) in [5.41, 5.74) is 0.821. The van der Waals surface area contributed by atoms with Gasteiger partial charge >= 0.3 is 0 Å². The predicted molar refractivity (Wildman–Crippen MR) is 101 cm³/mol. The van der Waals surface area contributed by atoms with Crippen LogP contribution in [0.2, 0.25) is 0 Å². The van der Waals surface area contributed by atoms with Crippen LogP contribution in [0.25, 0.3) is 0 Å². The minimum absolute atomic E-state index is 0.00852. The lowest BCUT2D eigenvalue weighted by atomic mass is 9.85. The molecule has 0 radical (unpaired) electrons. The molecule has 0 unspecified atom stereocenters. The first-order chi connectivity index (χ1) is 13.1. The van der Waals surface area contributed by atoms with Crippen molar-refractivity contribution in [1.29, 1.82) is 0 Å². The number of fused-ring (bicyclic) bond motifs is 1. The van der Waals surface area contributed by atoms with Gasteiger partial charge in [-0.3, -0.25) is 14.4 Å². The van der Waals surface area contributed by atoms with Gasteiger partial charge < -0.3 is 10.2 Å². The highest BCUT2D eigenvalue weighted by Gasteiger charge is 2.48. The van der Waals surface area contributed by atoms with Gasteiger partial charge in [0, 0.05) is 24.4 Å². The minimum atomic E-state index is -0.156. The van der Waals surface area contributed by atoms with Crippen LogP contribution in [0.15, 0.2) is 42.5 Å². The quantitative estimate of drug-likeness (QED) is 0.611. The molecule has 2 aliphatic heterocycles. The largest absolute Gasteiger partial charge is 0.326 e. The minimum Gasteiger partial charge on any atom is -0.326 e. The van der Waals surface area contributed by atoms with E-state index in [1.807, 2.05) is 42.5 Å². The Hall–Kier alpha value is -2.47. The van der Waals surface area contributed by atoms with Crippen LogP contribution in [0.1, 0.15) is 25.7 Å². The lowest BCUT2D eigenvalue weighted by Crippen LogP contribution is -3.14. The van der Waals surface area contributed by atoms with E-state index in [-0.39, 0.29) is 35.5 Å². The third kappa shape index (κ3) is 3.67. The van der Waals surface area contributed by atoms with Crippen molar-refractivity contribution in [2.45, 2.75) is 25.7 Å². The van der Waals surface area contributed by atoms with Gasteiger partial charge in [-0.15, -0.1) is 0 Å². The number of anilines is 1. The Balaban J connectivity index is 1.29. The highest BCUT2D eigenvalue weighted by molar-refractivity contribution is 6.05. The van der Waals surface area contributed by atoms with Crippen molar-refractivity contribution in [2.24, 2.45) is 17.8 Å². The molecule has 3 aliphatic rings. The van der Waals surface area contributed by atoms with E-state index in [0.717, 1.165) is 31.6 Å². The maximum atomic E-state index is 12.6. The normalized spacial score (nSPS) is 30.3. The van der Waals surface area contributed by atoms with E-state index >= 15 is 0 Å². The lowest BCUT2D eigenvalue weighted by molar-refractivity contribution is -0.913. The number of benzene rings is 1. The maximum absolute atomic E-state index is 12.6. The molecule has 6 nitrogen and oxygen atoms in total. The number of nitrogens with zero attached hydrogens (tertiary/aromatic N) is 1. The van der Waals surface area contributed by atoms with Gasteiger partial charge in [0.25, 0.3) is 0 Å². The van der Waals surface area contributed by atoms with Gasteiger partial charge in [0.05, 0.1) is 24.9 Å². The summed E-state index contributed by atoms with van der Waals surface area (Å²) >= 11 is 0. The molecular weight excluding hydrogens is 342 g/mol. The van der Waals surface area contributed by atoms with E-state index in [1.54, 1.807) is 0 Å². The molecular formula is C21H26N3O3+. The number of imide groups is 1. The first-order valence-corrected chi connectivity index (χ1v) is 9.83. The average molecular weight is 368 g/mol. The van der Waals surface area contributed by atoms with Crippen LogP contribution in [0.4, 0.5) is 5.69 Å². The standard InChI is InChI=1S/C21H25N3O3/c25-19(22-16-6-2-1-3-7-16)15-10-12-23(13-11-15)14-24-20(26)17-8-4-5-9-18(17)21(24)27/h1-7,15,17-18H,8-14H2,(H,22,25)/p+1/t17-,18-/m0/s1. The van der Waals surface area contributed by atoms with Gasteiger partial charge in [-0.25, -0.2) is 4.90 Å². The molecule has 2 saturated heterocycles. The molecule has 142 valence electrons. The SMILES string of the molecule is O=C(Nc1ccccc1)C1CC[NH+](CN2C(=O)[C@H]3CC=CC[C@@H]3C2=O)CC1. The molecule has 0 aromatic heterocycles. The number of para-hydroxylation sites is 1. The predicted octanol–water partition coefficient (Wildman–Crippen LogP) is 0.829. The monoisotopic (exact) mass is 368 g/mol. The Bertz CT molecular complexity index is 727. The van der Waals surface area contributed by atoms with Crippen molar-refractivity contribution >= 4 is 23.4 Å². The van der Waals surface area contributed by atoms with Crippen molar-refractivity contribution in [3.8, 4) is 0 Å². The summed E-state index contributed by atoms with van der Waals surface area (Å²) in [4.78, 5) is 40.3. The third-order valence-corrected chi connectivity index (χ3v) is 6.09. The second-order valence-electron chi connectivity index (χ2n) is 7.80. The summed E-state index contributed by atoms with van der Waals surface area (Å²) in [5, 5.41) is 2.97. The molecule has 0 spiro atoms. The van der Waals surface area contributed by atoms with Gasteiger partial charge in [0.2, 0.25) is 17.7 Å². The van der Waals surface area contributed by atoms with E-state index in [1.165, 1.54) is 9.80 Å². The van der Waals surface area contributed by atoms with Crippen molar-refractivity contribution in [3.05, 3.63) is 42.5 Å². The van der Waals surface area contributed by atoms with E-state index < -0.39 is 0 Å². The van der Waals surface area contributed by atoms with Crippen molar-refractivity contribution in [2.75, 3.05) is 25.1 Å². The smallest absolute Gasteiger partial charge is 0.237 e. The van der Waals surface area contributed by atoms with Crippen LogP contribution in [-0.2, 0) is 14.4 Å². The Kier molecular flexibility index (Phi) is 5.07. The van der Waals surface area contributed by atoms with E-state index in [2.05, 4.69) is 5.32 Å². The Morgan fingerprint density at radius 2 is 1.59 bits per heavy atom. The molecule has 2 fully saturated rings. The third-order valence-electron chi connectivity index (χ3n) is 6.09. The molecule has 0 saturated carbocycles. The first kappa shape index (κ1) is 17.9. The zero-order valence-corrected chi connectivity index (χ0v) is 15.4. The van der Waals surface area contributed by atoms with Crippen molar-refractivity contribution in [3.63, 3.8) is 0 Å². The van der Waals surface area contributed by atoms with E-state index in [9.17, 15) is 14.4 Å². The van der Waals surface area contributed by atoms with Crippen LogP contribution < -0.4 is 10.2 Å². The van der Waals surface area contributed by atoms with Crippen LogP contribution in [-0.4, -0.2) is 42.4 Å². The molecule has 2 atom stereocenters. The summed E-state index contributed by atoms with van der Waals surface area (Å²) in [7, 11) is 0. The van der Waals surface area contributed by atoms with E-state index in [0.29, 0.717) is 19.5 Å². The number of allylic oxidation sites excluding steroid dienone is 2. The fourth-order valence-corrected chi connectivity index (χ4v) is 4.46. The summed E-state index contributed by atoms with van der Waals surface area (Å²) in [5.74, 6) is -0.278. The number of nitrogens with one attached hydrogen (secondary N) is 2. The molecule has 1 aromatic carbocycles. The van der Waals surface area contributed by atoms with Gasteiger partial charge in [0.15, 0.2) is 6.67 Å². The number of piperidine rings is 1. The molecule has 2 heterocycles. The van der Waals surface area contributed by atoms with Gasteiger partial charge in [0.1, 0.15) is 0 Å². The van der Waals surface area contributed by atoms with Gasteiger partial charge in [-0.1, -0.05) is 30.4 Å². The Morgan fingerprint density at radius 3 is 2.19 bits per heavy atom. The number of carbonyl (C=O) groups excluding carboxylic acids is 3. The molecule has 6 heteroatoms. The highest BCUT2D eigenvalue weighted by Crippen LogP contribution is 2.34. The number of amides is 3. The molecule has 27 heavy (non-hydrogen) atoms. The van der Waals surface area contributed by atoms with Crippen molar-refractivity contribution < 1.29 is 19.3 Å².